The van der Waals surface area contributed by atoms with Gasteiger partial charge < -0.3 is 14.4 Å². The van der Waals surface area contributed by atoms with Gasteiger partial charge in [0, 0.05) is 24.8 Å². The van der Waals surface area contributed by atoms with Crippen molar-refractivity contribution in [3.05, 3.63) is 46.0 Å². The van der Waals surface area contributed by atoms with Gasteiger partial charge in [-0.15, -0.1) is 0 Å². The van der Waals surface area contributed by atoms with E-state index in [0.29, 0.717) is 25.3 Å². The fraction of sp³-hybridized carbons (Fsp3) is 0.471. The quantitative estimate of drug-likeness (QED) is 0.480. The third-order valence-electron chi connectivity index (χ3n) is 4.29. The Morgan fingerprint density at radius 1 is 1.29 bits per heavy atom. The van der Waals surface area contributed by atoms with E-state index in [0.717, 1.165) is 19.3 Å². The Bertz CT molecular complexity index is 640. The van der Waals surface area contributed by atoms with Crippen molar-refractivity contribution in [3.8, 4) is 0 Å². The van der Waals surface area contributed by atoms with Gasteiger partial charge in [0.25, 0.3) is 5.69 Å². The van der Waals surface area contributed by atoms with Crippen molar-refractivity contribution in [1.29, 1.82) is 0 Å². The minimum absolute atomic E-state index is 0.00760. The summed E-state index contributed by atoms with van der Waals surface area (Å²) in [7, 11) is 0. The lowest BCUT2D eigenvalue weighted by Gasteiger charge is -2.37. The molecule has 0 N–H and O–H groups in total. The van der Waals surface area contributed by atoms with Crippen LogP contribution in [0.5, 0.6) is 0 Å². The number of amides is 1. The molecule has 0 unspecified atom stereocenters. The minimum Gasteiger partial charge on any atom is -0.348 e. The number of ether oxygens (including phenoxy) is 2. The summed E-state index contributed by atoms with van der Waals surface area (Å²) in [4.78, 5) is 24.7. The molecule has 2 aliphatic rings. The molecule has 2 heterocycles. The second kappa shape index (κ2) is 7.55. The molecule has 3 rings (SSSR count). The van der Waals surface area contributed by atoms with Crippen molar-refractivity contribution in [3.63, 3.8) is 0 Å². The highest BCUT2D eigenvalue weighted by Gasteiger charge is 2.35. The van der Waals surface area contributed by atoms with Crippen LogP contribution in [0.2, 0.25) is 0 Å². The van der Waals surface area contributed by atoms with Crippen LogP contribution in [0.4, 0.5) is 5.69 Å². The Morgan fingerprint density at radius 3 is 2.83 bits per heavy atom. The number of nitro benzene ring substituents is 1. The van der Waals surface area contributed by atoms with Gasteiger partial charge in [-0.3, -0.25) is 14.9 Å². The Kier molecular flexibility index (Phi) is 5.22. The molecule has 1 aromatic rings. The van der Waals surface area contributed by atoms with E-state index in [9.17, 15) is 14.9 Å². The van der Waals surface area contributed by atoms with Crippen LogP contribution in [0, 0.1) is 10.1 Å². The first-order valence-electron chi connectivity index (χ1n) is 8.11. The number of likely N-dealkylation sites (tertiary alicyclic amines) is 1. The molecule has 24 heavy (non-hydrogen) atoms. The highest BCUT2D eigenvalue weighted by molar-refractivity contribution is 5.92. The van der Waals surface area contributed by atoms with Crippen LogP contribution in [0.1, 0.15) is 24.8 Å². The molecule has 0 aliphatic carbocycles. The molecule has 2 aliphatic heterocycles. The average molecular weight is 332 g/mol. The van der Waals surface area contributed by atoms with Gasteiger partial charge in [-0.05, 0) is 30.9 Å². The van der Waals surface area contributed by atoms with Crippen molar-refractivity contribution >= 4 is 17.7 Å². The maximum Gasteiger partial charge on any atom is 0.270 e. The van der Waals surface area contributed by atoms with Crippen molar-refractivity contribution in [2.75, 3.05) is 19.8 Å². The molecule has 1 atom stereocenters. The second-order valence-corrected chi connectivity index (χ2v) is 5.89. The maximum absolute atomic E-state index is 12.6. The van der Waals surface area contributed by atoms with Crippen molar-refractivity contribution in [2.45, 2.75) is 31.6 Å². The SMILES string of the molecule is O=C(/C=C/c1cccc([N+](=O)[O-])c1)N1CCCC[C@@H]1C1OCCO1. The van der Waals surface area contributed by atoms with Gasteiger partial charge in [-0.1, -0.05) is 12.1 Å². The number of nitro groups is 1. The summed E-state index contributed by atoms with van der Waals surface area (Å²) in [6.45, 7) is 1.80. The fourth-order valence-corrected chi connectivity index (χ4v) is 3.12. The van der Waals surface area contributed by atoms with E-state index in [1.54, 1.807) is 23.1 Å². The molecule has 0 bridgehead atoms. The van der Waals surface area contributed by atoms with E-state index in [1.165, 1.54) is 18.2 Å². The second-order valence-electron chi connectivity index (χ2n) is 5.89. The van der Waals surface area contributed by atoms with Crippen LogP contribution >= 0.6 is 0 Å². The zero-order chi connectivity index (χ0) is 16.9. The largest absolute Gasteiger partial charge is 0.348 e. The lowest BCUT2D eigenvalue weighted by atomic mass is 10.0. The predicted molar refractivity (Wildman–Crippen MR) is 87.2 cm³/mol. The number of carbonyl (C=O) groups is 1. The Morgan fingerprint density at radius 2 is 2.08 bits per heavy atom. The summed E-state index contributed by atoms with van der Waals surface area (Å²) in [5.74, 6) is -0.120. The summed E-state index contributed by atoms with van der Waals surface area (Å²) in [6.07, 6.45) is 5.59. The number of hydrogen-bond donors (Lipinski definition) is 0. The Balaban J connectivity index is 1.70. The molecule has 0 saturated carbocycles. The van der Waals surface area contributed by atoms with Crippen molar-refractivity contribution in [1.82, 2.24) is 4.90 Å². The molecular formula is C17H20N2O5. The monoisotopic (exact) mass is 332 g/mol. The lowest BCUT2D eigenvalue weighted by Crippen LogP contribution is -2.49. The molecule has 1 amide bonds. The van der Waals surface area contributed by atoms with Gasteiger partial charge in [0.1, 0.15) is 0 Å². The number of non-ortho nitro benzene ring substituents is 1. The van der Waals surface area contributed by atoms with Crippen LogP contribution in [0.15, 0.2) is 30.3 Å². The summed E-state index contributed by atoms with van der Waals surface area (Å²) in [5.41, 5.74) is 0.632. The molecule has 128 valence electrons. The van der Waals surface area contributed by atoms with E-state index in [2.05, 4.69) is 0 Å². The molecule has 2 fully saturated rings. The van der Waals surface area contributed by atoms with E-state index in [-0.39, 0.29) is 23.9 Å². The smallest absolute Gasteiger partial charge is 0.270 e. The predicted octanol–water partition coefficient (Wildman–Crippen LogP) is 2.36. The van der Waals surface area contributed by atoms with E-state index in [4.69, 9.17) is 9.47 Å². The number of carbonyl (C=O) groups excluding carboxylic acids is 1. The molecule has 0 radical (unpaired) electrons. The van der Waals surface area contributed by atoms with Gasteiger partial charge in [0.05, 0.1) is 24.2 Å². The van der Waals surface area contributed by atoms with Gasteiger partial charge in [-0.2, -0.15) is 0 Å². The first kappa shape index (κ1) is 16.6. The summed E-state index contributed by atoms with van der Waals surface area (Å²) in [6, 6.07) is 6.14. The molecule has 0 aromatic heterocycles. The summed E-state index contributed by atoms with van der Waals surface area (Å²) in [5, 5.41) is 10.8. The highest BCUT2D eigenvalue weighted by Crippen LogP contribution is 2.25. The van der Waals surface area contributed by atoms with E-state index >= 15 is 0 Å². The third-order valence-corrected chi connectivity index (χ3v) is 4.29. The van der Waals surface area contributed by atoms with Crippen LogP contribution < -0.4 is 0 Å². The Labute approximate surface area is 140 Å². The van der Waals surface area contributed by atoms with E-state index < -0.39 is 4.92 Å². The molecule has 7 heteroatoms. The molecular weight excluding hydrogens is 312 g/mol. The zero-order valence-corrected chi connectivity index (χ0v) is 13.3. The average Bonchev–Trinajstić information content (AvgIpc) is 3.14. The standard InChI is InChI=1S/C17H20N2O5/c20-16(8-7-13-4-3-5-14(12-13)19(21)22)18-9-2-1-6-15(18)17-23-10-11-24-17/h3-5,7-8,12,15,17H,1-2,6,9-11H2/b8-7+/t15-/m1/s1. The van der Waals surface area contributed by atoms with Crippen LogP contribution in [-0.4, -0.2) is 47.8 Å². The number of piperidine rings is 1. The summed E-state index contributed by atoms with van der Waals surface area (Å²) >= 11 is 0. The molecule has 1 aromatic carbocycles. The molecule has 0 spiro atoms. The Hall–Kier alpha value is -2.25. The summed E-state index contributed by atoms with van der Waals surface area (Å²) < 4.78 is 11.1. The first-order valence-corrected chi connectivity index (χ1v) is 8.11. The molecule has 7 nitrogen and oxygen atoms in total. The van der Waals surface area contributed by atoms with Crippen molar-refractivity contribution in [2.24, 2.45) is 0 Å². The third kappa shape index (κ3) is 3.80. The molecule has 2 saturated heterocycles. The van der Waals surface area contributed by atoms with Gasteiger partial charge >= 0.3 is 0 Å². The van der Waals surface area contributed by atoms with Gasteiger partial charge in [-0.25, -0.2) is 0 Å². The number of hydrogen-bond acceptors (Lipinski definition) is 5. The minimum atomic E-state index is -0.450. The van der Waals surface area contributed by atoms with Crippen LogP contribution in [0.3, 0.4) is 0 Å². The highest BCUT2D eigenvalue weighted by atomic mass is 16.7. The number of rotatable bonds is 4. The van der Waals surface area contributed by atoms with Gasteiger partial charge in [0.2, 0.25) is 5.91 Å². The maximum atomic E-state index is 12.6. The topological polar surface area (TPSA) is 81.9 Å². The van der Waals surface area contributed by atoms with Crippen molar-refractivity contribution < 1.29 is 19.2 Å². The first-order chi connectivity index (χ1) is 11.6. The van der Waals surface area contributed by atoms with Crippen LogP contribution in [0.25, 0.3) is 6.08 Å². The van der Waals surface area contributed by atoms with Gasteiger partial charge in [0.15, 0.2) is 6.29 Å². The normalized spacial score (nSPS) is 22.2. The zero-order valence-electron chi connectivity index (χ0n) is 13.3. The lowest BCUT2D eigenvalue weighted by molar-refractivity contribution is -0.384. The van der Waals surface area contributed by atoms with Crippen LogP contribution in [-0.2, 0) is 14.3 Å². The van der Waals surface area contributed by atoms with E-state index in [1.807, 2.05) is 0 Å². The fourth-order valence-electron chi connectivity index (χ4n) is 3.12. The number of benzene rings is 1. The number of nitrogens with zero attached hydrogens (tertiary/aromatic N) is 2.